The maximum absolute atomic E-state index is 6.47. The fourth-order valence-corrected chi connectivity index (χ4v) is 4.48. The Bertz CT molecular complexity index is 546. The van der Waals surface area contributed by atoms with E-state index in [4.69, 9.17) is 2.81 Å². The van der Waals surface area contributed by atoms with E-state index in [-0.39, 0.29) is 35.6 Å². The predicted molar refractivity (Wildman–Crippen MR) is 101 cm³/mol. The van der Waals surface area contributed by atoms with Gasteiger partial charge in [-0.05, 0) is 0 Å². The molecule has 0 radical (unpaired) electrons. The Morgan fingerprint density at radius 2 is 1.43 bits per heavy atom. The zero-order valence-corrected chi connectivity index (χ0v) is 19.0. The maximum atomic E-state index is 6.47. The number of para-hydroxylation sites is 1. The quantitative estimate of drug-likeness (QED) is 0.539. The summed E-state index contributed by atoms with van der Waals surface area (Å²) >= 11 is -0.974. The summed E-state index contributed by atoms with van der Waals surface area (Å²) in [6.45, 7) is 13.6. The fourth-order valence-electron chi connectivity index (χ4n) is 2.47. The van der Waals surface area contributed by atoms with Crippen molar-refractivity contribution in [3.8, 4) is 5.75 Å². The average molecular weight is 435 g/mol. The molecule has 0 fully saturated rings. The van der Waals surface area contributed by atoms with Gasteiger partial charge in [0.1, 0.15) is 0 Å². The van der Waals surface area contributed by atoms with Gasteiger partial charge in [-0.1, -0.05) is 0 Å². The Kier molecular flexibility index (Phi) is 8.87. The molecule has 128 valence electrons. The second kappa shape index (κ2) is 8.88. The van der Waals surface area contributed by atoms with Crippen molar-refractivity contribution in [2.24, 2.45) is 0 Å². The van der Waals surface area contributed by atoms with Crippen LogP contribution in [-0.2, 0) is 34.5 Å². The average Bonchev–Trinajstić information content (AvgIpc) is 2.86. The minimum Gasteiger partial charge on any atom is -0.147 e. The first-order valence-electron chi connectivity index (χ1n) is 7.62. The molecule has 0 saturated heterocycles. The van der Waals surface area contributed by atoms with Gasteiger partial charge in [-0.25, -0.2) is 0 Å². The normalized spacial score (nSPS) is 13.7. The summed E-state index contributed by atoms with van der Waals surface area (Å²) in [5, 5.41) is 0. The van der Waals surface area contributed by atoms with Crippen LogP contribution >= 0.6 is 24.8 Å². The summed E-state index contributed by atoms with van der Waals surface area (Å²) in [4.78, 5) is 0. The van der Waals surface area contributed by atoms with Crippen molar-refractivity contribution in [3.05, 3.63) is 50.8 Å². The van der Waals surface area contributed by atoms with Crippen LogP contribution in [0.1, 0.15) is 59.1 Å². The summed E-state index contributed by atoms with van der Waals surface area (Å²) in [6, 6.07) is 6.63. The van der Waals surface area contributed by atoms with Crippen molar-refractivity contribution < 1.29 is 26.5 Å². The molecule has 0 amide bonds. The first kappa shape index (κ1) is 23.0. The van der Waals surface area contributed by atoms with Crippen LogP contribution < -0.4 is 2.81 Å². The number of hydrogen-bond acceptors (Lipinski definition) is 1. The second-order valence-corrected chi connectivity index (χ2v) is 10.3. The van der Waals surface area contributed by atoms with Crippen molar-refractivity contribution >= 4 is 24.8 Å². The molecule has 0 heterocycles. The molecular weight excluding hydrogens is 406 g/mol. The number of benzene rings is 1. The van der Waals surface area contributed by atoms with E-state index in [2.05, 4.69) is 78.0 Å². The van der Waals surface area contributed by atoms with Gasteiger partial charge in [0.25, 0.3) is 0 Å². The Balaban J connectivity index is 0.00000242. The minimum atomic E-state index is -0.974. The Morgan fingerprint density at radius 3 is 1.83 bits per heavy atom. The molecule has 1 nitrogen and oxygen atoms in total. The molecule has 4 heteroatoms. The van der Waals surface area contributed by atoms with Crippen LogP contribution in [0.25, 0.3) is 0 Å². The molecule has 1 aromatic rings. The molecule has 23 heavy (non-hydrogen) atoms. The summed E-state index contributed by atoms with van der Waals surface area (Å²) in [7, 11) is 0. The van der Waals surface area contributed by atoms with Crippen LogP contribution in [0.3, 0.4) is 0 Å². The van der Waals surface area contributed by atoms with Crippen molar-refractivity contribution in [1.29, 1.82) is 0 Å². The van der Waals surface area contributed by atoms with E-state index in [9.17, 15) is 0 Å². The molecule has 0 bridgehead atoms. The topological polar surface area (TPSA) is 9.23 Å². The fraction of sp³-hybridized carbons (Fsp3) is 0.474. The van der Waals surface area contributed by atoms with Gasteiger partial charge in [-0.3, -0.25) is 0 Å². The van der Waals surface area contributed by atoms with E-state index in [0.717, 1.165) is 12.2 Å². The van der Waals surface area contributed by atoms with Crippen molar-refractivity contribution in [2.45, 2.75) is 58.8 Å². The van der Waals surface area contributed by atoms with Crippen LogP contribution in [0.2, 0.25) is 0 Å². The van der Waals surface area contributed by atoms with E-state index in [1.807, 2.05) is 0 Å². The Hall–Kier alpha value is -0.0369. The monoisotopic (exact) mass is 432 g/mol. The molecule has 1 aliphatic carbocycles. The molecular formula is C19H28Cl2OZr. The third-order valence-corrected chi connectivity index (χ3v) is 6.00. The van der Waals surface area contributed by atoms with Crippen molar-refractivity contribution in [3.63, 3.8) is 0 Å². The van der Waals surface area contributed by atoms with Crippen LogP contribution in [0.4, 0.5) is 0 Å². The number of hydrogen-bond donors (Lipinski definition) is 0. The molecule has 1 aliphatic rings. The molecule has 0 saturated carbocycles. The Morgan fingerprint density at radius 1 is 0.913 bits per heavy atom. The molecule has 0 spiro atoms. The van der Waals surface area contributed by atoms with Crippen LogP contribution in [0.15, 0.2) is 39.7 Å². The molecule has 0 atom stereocenters. The zero-order valence-electron chi connectivity index (χ0n) is 14.9. The Labute approximate surface area is 166 Å². The summed E-state index contributed by atoms with van der Waals surface area (Å²) < 4.78 is 7.98. The van der Waals surface area contributed by atoms with Gasteiger partial charge in [0.2, 0.25) is 0 Å². The van der Waals surface area contributed by atoms with Gasteiger partial charge in [0.05, 0.1) is 0 Å². The number of halogens is 2. The van der Waals surface area contributed by atoms with E-state index < -0.39 is 23.7 Å². The maximum Gasteiger partial charge on any atom is -0.147 e. The van der Waals surface area contributed by atoms with Crippen LogP contribution in [-0.4, -0.2) is 0 Å². The first-order chi connectivity index (χ1) is 9.69. The van der Waals surface area contributed by atoms with E-state index >= 15 is 0 Å². The van der Waals surface area contributed by atoms with Gasteiger partial charge < -0.3 is 0 Å². The largest absolute Gasteiger partial charge is 0.147 e. The third-order valence-electron chi connectivity index (χ3n) is 3.69. The standard InChI is InChI=1S/C14H22O.C5H5.2ClH.Zr/c1-13(2,3)10-8-7-9-11(12(10)15)14(4,5)6;1-2-4-5-3-1;;;/h7-9,15H,1-6H3;1-3H,4H2;2*1H;/q;;;;+1/p-1. The molecule has 0 unspecified atom stereocenters. The van der Waals surface area contributed by atoms with E-state index in [1.165, 1.54) is 14.4 Å². The number of rotatable bonds is 3. The van der Waals surface area contributed by atoms with Crippen LogP contribution in [0, 0.1) is 0 Å². The van der Waals surface area contributed by atoms with Crippen molar-refractivity contribution in [1.82, 2.24) is 0 Å². The van der Waals surface area contributed by atoms with Gasteiger partial charge in [0.15, 0.2) is 0 Å². The molecule has 0 aromatic heterocycles. The van der Waals surface area contributed by atoms with Gasteiger partial charge in [-0.15, -0.1) is 24.8 Å². The zero-order chi connectivity index (χ0) is 15.7. The van der Waals surface area contributed by atoms with E-state index in [1.54, 1.807) is 0 Å². The van der Waals surface area contributed by atoms with Gasteiger partial charge in [0, 0.05) is 0 Å². The van der Waals surface area contributed by atoms with Crippen LogP contribution in [0.5, 0.6) is 5.75 Å². The van der Waals surface area contributed by atoms with Gasteiger partial charge >= 0.3 is 142 Å². The third kappa shape index (κ3) is 6.07. The SMILES string of the molecule is CC(C)(C)c1cccc(C(C)(C)C)c1[O][Zr][C]1=CC=CC1.Cl.Cl. The smallest absolute Gasteiger partial charge is 0.147 e. The molecule has 0 N–H and O–H groups in total. The molecule has 2 rings (SSSR count). The van der Waals surface area contributed by atoms with Gasteiger partial charge in [-0.2, -0.15) is 0 Å². The second-order valence-electron chi connectivity index (χ2n) is 7.71. The molecule has 1 aromatic carbocycles. The minimum absolute atomic E-state index is 0. The predicted octanol–water partition coefficient (Wildman–Crippen LogP) is 6.35. The summed E-state index contributed by atoms with van der Waals surface area (Å²) in [5.41, 5.74) is 2.89. The summed E-state index contributed by atoms with van der Waals surface area (Å²) in [5.74, 6) is 1.15. The molecule has 0 aliphatic heterocycles. The van der Waals surface area contributed by atoms with E-state index in [0.29, 0.717) is 0 Å². The summed E-state index contributed by atoms with van der Waals surface area (Å²) in [6.07, 6.45) is 7.71. The van der Waals surface area contributed by atoms with Crippen molar-refractivity contribution in [2.75, 3.05) is 0 Å². The first-order valence-corrected chi connectivity index (χ1v) is 9.85. The number of allylic oxidation sites excluding steroid dienone is 4.